The molecule has 2 saturated heterocycles. The van der Waals surface area contributed by atoms with Gasteiger partial charge in [0.1, 0.15) is 12.4 Å². The van der Waals surface area contributed by atoms with Gasteiger partial charge in [-0.05, 0) is 78.9 Å². The van der Waals surface area contributed by atoms with Gasteiger partial charge < -0.3 is 39.3 Å². The van der Waals surface area contributed by atoms with Gasteiger partial charge in [0, 0.05) is 84.6 Å². The standard InChI is InChI=1S/C61H93N5O12S.CH4/c1-14-40(6)56(51(76-11)34-53(70)65-31-21-25-48(65)58(77-12)42(8)49(68)32-41(7)57(72)44-22-17-15-18-23-44)63(9)59(73)47(38(2)3)33-50(69)55(39(4)5)64(10)61(75)78-37-43-26-28-45(29-27-43)62-36-46(67)24-19-16-20-30-66-54(71)35-52(79-13)60(66)74;/h15,17-18,22-23,26-29,38-42,47-48,51-52,55-58,62,72H,14,16,19-21,24-25,30-37H2,1-13H3;1H4/t40-,41-,42-,47-,48-,51+,52?,55-,56-,57+,58+;/m0./s1. The van der Waals surface area contributed by atoms with Crippen LogP contribution in [-0.4, -0.2) is 162 Å². The highest BCUT2D eigenvalue weighted by Gasteiger charge is 2.44. The maximum atomic E-state index is 14.8. The minimum atomic E-state index is -0.886. The van der Waals surface area contributed by atoms with Gasteiger partial charge in [0.2, 0.25) is 23.6 Å². The summed E-state index contributed by atoms with van der Waals surface area (Å²) in [6.07, 6.45) is 3.81. The molecule has 2 aromatic rings. The zero-order valence-electron chi connectivity index (χ0n) is 49.4. The summed E-state index contributed by atoms with van der Waals surface area (Å²) in [6.45, 7) is 16.2. The van der Waals surface area contributed by atoms with Crippen molar-refractivity contribution in [2.45, 2.75) is 182 Å². The number of rotatable bonds is 34. The fraction of sp³-hybridized carbons (Fsp3) is 0.677. The molecule has 0 radical (unpaired) electrons. The van der Waals surface area contributed by atoms with E-state index >= 15 is 0 Å². The van der Waals surface area contributed by atoms with Gasteiger partial charge in [0.05, 0.1) is 54.7 Å². The highest BCUT2D eigenvalue weighted by Crippen LogP contribution is 2.33. The van der Waals surface area contributed by atoms with Crippen LogP contribution in [0, 0.1) is 35.5 Å². The molecule has 80 heavy (non-hydrogen) atoms. The van der Waals surface area contributed by atoms with Crippen LogP contribution in [0.25, 0.3) is 0 Å². The lowest BCUT2D eigenvalue weighted by Gasteiger charge is -2.41. The number of likely N-dealkylation sites (tertiary alicyclic amines) is 2. The molecule has 0 bridgehead atoms. The fourth-order valence-corrected chi connectivity index (χ4v) is 12.0. The second-order valence-electron chi connectivity index (χ2n) is 22.7. The minimum absolute atomic E-state index is 0. The largest absolute Gasteiger partial charge is 0.445 e. The van der Waals surface area contributed by atoms with Gasteiger partial charge in [-0.2, -0.15) is 11.8 Å². The van der Waals surface area contributed by atoms with Crippen molar-refractivity contribution in [1.29, 1.82) is 0 Å². The molecule has 0 aromatic heterocycles. The molecule has 2 aromatic carbocycles. The second-order valence-corrected chi connectivity index (χ2v) is 23.7. The Kier molecular flexibility index (Phi) is 29.1. The molecular weight excluding hydrogens is 1040 g/mol. The van der Waals surface area contributed by atoms with Gasteiger partial charge in [-0.3, -0.25) is 38.5 Å². The van der Waals surface area contributed by atoms with E-state index in [2.05, 4.69) is 5.32 Å². The molecule has 4 rings (SSSR count). The maximum Gasteiger partial charge on any atom is 0.410 e. The molecule has 2 N–H and O–H groups in total. The van der Waals surface area contributed by atoms with Gasteiger partial charge in [-0.1, -0.05) is 118 Å². The quantitative estimate of drug-likeness (QED) is 0.0494. The first-order chi connectivity index (χ1) is 37.5. The highest BCUT2D eigenvalue weighted by molar-refractivity contribution is 8.00. The number of benzene rings is 2. The molecule has 1 unspecified atom stereocenters. The molecule has 2 aliphatic rings. The Labute approximate surface area is 482 Å². The summed E-state index contributed by atoms with van der Waals surface area (Å²) in [5.41, 5.74) is 2.17. The van der Waals surface area contributed by atoms with Crippen molar-refractivity contribution in [3.63, 3.8) is 0 Å². The number of nitrogens with zero attached hydrogens (tertiary/aromatic N) is 4. The lowest BCUT2D eigenvalue weighted by molar-refractivity contribution is -0.149. The number of ketones is 3. The summed E-state index contributed by atoms with van der Waals surface area (Å²) in [4.78, 5) is 114. The predicted octanol–water partition coefficient (Wildman–Crippen LogP) is 9.43. The Morgan fingerprint density at radius 1 is 0.812 bits per heavy atom. The van der Waals surface area contributed by atoms with E-state index in [1.807, 2.05) is 92.0 Å². The van der Waals surface area contributed by atoms with Gasteiger partial charge >= 0.3 is 6.09 Å². The molecule has 18 heteroatoms. The number of likely N-dealkylation sites (N-methyl/N-ethyl adjacent to an activating group) is 2. The molecule has 2 fully saturated rings. The van der Waals surface area contributed by atoms with Crippen LogP contribution in [0.1, 0.15) is 151 Å². The molecule has 0 aliphatic carbocycles. The average Bonchev–Trinajstić information content (AvgIpc) is 4.03. The predicted molar refractivity (Wildman–Crippen MR) is 315 cm³/mol. The minimum Gasteiger partial charge on any atom is -0.445 e. The number of carbonyl (C=O) groups excluding carboxylic acids is 8. The van der Waals surface area contributed by atoms with E-state index in [1.165, 1.54) is 28.6 Å². The summed E-state index contributed by atoms with van der Waals surface area (Å²) < 4.78 is 17.8. The number of methoxy groups -OCH3 is 2. The topological polar surface area (TPSA) is 209 Å². The maximum absolute atomic E-state index is 14.8. The van der Waals surface area contributed by atoms with E-state index in [0.29, 0.717) is 50.8 Å². The van der Waals surface area contributed by atoms with E-state index in [4.69, 9.17) is 14.2 Å². The van der Waals surface area contributed by atoms with Crippen LogP contribution >= 0.6 is 11.8 Å². The number of thioether (sulfide) groups is 1. The number of ether oxygens (including phenoxy) is 3. The number of hydrogen-bond donors (Lipinski definition) is 2. The van der Waals surface area contributed by atoms with Crippen molar-refractivity contribution in [2.24, 2.45) is 35.5 Å². The first-order valence-electron chi connectivity index (χ1n) is 28.5. The Morgan fingerprint density at radius 3 is 2.05 bits per heavy atom. The monoisotopic (exact) mass is 1140 g/mol. The van der Waals surface area contributed by atoms with Gasteiger partial charge in [-0.25, -0.2) is 4.79 Å². The van der Waals surface area contributed by atoms with Gasteiger partial charge in [-0.15, -0.1) is 0 Å². The zero-order chi connectivity index (χ0) is 58.7. The first-order valence-corrected chi connectivity index (χ1v) is 29.8. The normalized spacial score (nSPS) is 18.9. The average molecular weight is 1140 g/mol. The lowest BCUT2D eigenvalue weighted by atomic mass is 9.83. The van der Waals surface area contributed by atoms with Crippen molar-refractivity contribution in [2.75, 3.05) is 59.5 Å². The van der Waals surface area contributed by atoms with Crippen LogP contribution in [0.2, 0.25) is 0 Å². The van der Waals surface area contributed by atoms with Crippen molar-refractivity contribution < 1.29 is 57.7 Å². The lowest BCUT2D eigenvalue weighted by Crippen LogP contribution is -2.54. The van der Waals surface area contributed by atoms with Crippen LogP contribution in [-0.2, 0) is 54.4 Å². The van der Waals surface area contributed by atoms with Crippen molar-refractivity contribution in [1.82, 2.24) is 19.6 Å². The number of amides is 5. The third-order valence-corrected chi connectivity index (χ3v) is 17.3. The summed E-state index contributed by atoms with van der Waals surface area (Å²) in [5.74, 6) is -3.25. The van der Waals surface area contributed by atoms with Crippen molar-refractivity contribution >= 4 is 64.5 Å². The Bertz CT molecular complexity index is 2320. The Hall–Kier alpha value is -5.17. The van der Waals surface area contributed by atoms with Crippen LogP contribution in [0.3, 0.4) is 0 Å². The van der Waals surface area contributed by atoms with Crippen molar-refractivity contribution in [3.05, 3.63) is 65.7 Å². The van der Waals surface area contributed by atoms with E-state index in [-0.39, 0.29) is 122 Å². The first kappa shape index (κ1) is 69.1. The number of aliphatic hydroxyl groups excluding tert-OH is 1. The number of Topliss-reactive ketones (excluding diaryl/α,β-unsaturated/α-hetero) is 3. The van der Waals surface area contributed by atoms with Crippen LogP contribution in [0.4, 0.5) is 10.5 Å². The zero-order valence-corrected chi connectivity index (χ0v) is 50.3. The molecule has 2 heterocycles. The van der Waals surface area contributed by atoms with Crippen molar-refractivity contribution in [3.8, 4) is 0 Å². The van der Waals surface area contributed by atoms with E-state index in [9.17, 15) is 43.5 Å². The van der Waals surface area contributed by atoms with E-state index < -0.39 is 48.3 Å². The Balaban J connectivity index is 0.0000168. The number of unbranched alkanes of at least 4 members (excludes halogenated alkanes) is 2. The van der Waals surface area contributed by atoms with Crippen LogP contribution in [0.15, 0.2) is 54.6 Å². The Morgan fingerprint density at radius 2 is 1.48 bits per heavy atom. The molecule has 5 amide bonds. The molecule has 448 valence electrons. The highest BCUT2D eigenvalue weighted by atomic mass is 32.2. The SMILES string of the molecule is C.CC[C@H](C)[C@@H]([C@@H](CC(=O)N1CCC[C@H]1[C@H](OC)[C@@H](C)C(=O)C[C@H](C)[C@@H](O)c1ccccc1)OC)N(C)C(=O)[C@@H](CC(=O)[C@H](C(C)C)N(C)C(=O)OCc1ccc(NCC(=O)CCCCCN2C(=O)CC(SC)C2=O)cc1)C(C)C. The number of aliphatic hydroxyl groups is 1. The van der Waals surface area contributed by atoms with Gasteiger partial charge in [0.25, 0.3) is 0 Å². The third-order valence-electron chi connectivity index (χ3n) is 16.4. The molecule has 11 atom stereocenters. The summed E-state index contributed by atoms with van der Waals surface area (Å²) in [6, 6.07) is 14.7. The summed E-state index contributed by atoms with van der Waals surface area (Å²) in [7, 11) is 6.34. The number of anilines is 1. The second kappa shape index (κ2) is 33.7. The van der Waals surface area contributed by atoms with E-state index in [0.717, 1.165) is 24.1 Å². The smallest absolute Gasteiger partial charge is 0.410 e. The third kappa shape index (κ3) is 18.9. The van der Waals surface area contributed by atoms with Crippen LogP contribution < -0.4 is 5.32 Å². The summed E-state index contributed by atoms with van der Waals surface area (Å²) >= 11 is 1.40. The molecule has 17 nitrogen and oxygen atoms in total. The molecular formula is C62H97N5O12S. The number of imide groups is 1. The van der Waals surface area contributed by atoms with Gasteiger partial charge in [0.15, 0.2) is 11.6 Å². The molecule has 2 aliphatic heterocycles. The van der Waals surface area contributed by atoms with E-state index in [1.54, 1.807) is 55.3 Å². The molecule has 0 saturated carbocycles. The number of nitrogens with one attached hydrogen (secondary N) is 1. The number of carbonyl (C=O) groups is 8. The fourth-order valence-electron chi connectivity index (χ4n) is 11.4. The summed E-state index contributed by atoms with van der Waals surface area (Å²) in [5, 5.41) is 13.8. The van der Waals surface area contributed by atoms with Crippen LogP contribution in [0.5, 0.6) is 0 Å². The number of hydrogen-bond acceptors (Lipinski definition) is 14. The molecule has 0 spiro atoms.